The molecule has 3 aromatic rings. The van der Waals surface area contributed by atoms with Crippen LogP contribution in [-0.2, 0) is 15.0 Å². The zero-order valence-corrected chi connectivity index (χ0v) is 20.7. The van der Waals surface area contributed by atoms with Crippen LogP contribution in [0.4, 0.5) is 5.69 Å². The molecule has 0 aliphatic carbocycles. The van der Waals surface area contributed by atoms with Crippen LogP contribution in [0.5, 0.6) is 5.75 Å². The number of pyridine rings is 1. The number of aryl methyl sites for hydroxylation is 1. The number of anilines is 1. The summed E-state index contributed by atoms with van der Waals surface area (Å²) in [6, 6.07) is 17.3. The van der Waals surface area contributed by atoms with E-state index in [1.54, 1.807) is 48.7 Å². The molecule has 0 radical (unpaired) electrons. The Kier molecular flexibility index (Phi) is 6.48. The normalized spacial score (nSPS) is 17.6. The van der Waals surface area contributed by atoms with Crippen LogP contribution in [0.3, 0.4) is 0 Å². The predicted molar refractivity (Wildman–Crippen MR) is 137 cm³/mol. The molecule has 2 heterocycles. The molecule has 1 fully saturated rings. The number of amides is 1. The molecule has 1 saturated heterocycles. The molecule has 6 heteroatoms. The smallest absolute Gasteiger partial charge is 0.300 e. The molecular formula is C29H30N2O4. The van der Waals surface area contributed by atoms with Crippen molar-refractivity contribution in [3.63, 3.8) is 0 Å². The summed E-state index contributed by atoms with van der Waals surface area (Å²) in [5.74, 6) is -0.989. The van der Waals surface area contributed by atoms with Gasteiger partial charge in [-0.1, -0.05) is 39.0 Å². The van der Waals surface area contributed by atoms with Crippen LogP contribution in [-0.4, -0.2) is 28.4 Å². The zero-order chi connectivity index (χ0) is 25.3. The first kappa shape index (κ1) is 24.2. The van der Waals surface area contributed by atoms with Crippen molar-refractivity contribution in [3.05, 3.63) is 94.8 Å². The number of nitrogens with zero attached hydrogens (tertiary/aromatic N) is 2. The van der Waals surface area contributed by atoms with Crippen LogP contribution in [0, 0.1) is 6.92 Å². The second kappa shape index (κ2) is 9.37. The van der Waals surface area contributed by atoms with Gasteiger partial charge in [-0.15, -0.1) is 0 Å². The highest BCUT2D eigenvalue weighted by molar-refractivity contribution is 6.51. The number of aliphatic hydroxyl groups excluding tert-OH is 1. The average molecular weight is 471 g/mol. The fourth-order valence-corrected chi connectivity index (χ4v) is 4.27. The van der Waals surface area contributed by atoms with E-state index in [0.717, 1.165) is 11.1 Å². The van der Waals surface area contributed by atoms with Gasteiger partial charge in [0, 0.05) is 17.4 Å². The molecule has 35 heavy (non-hydrogen) atoms. The van der Waals surface area contributed by atoms with E-state index in [0.29, 0.717) is 29.3 Å². The van der Waals surface area contributed by atoms with E-state index in [9.17, 15) is 14.7 Å². The Labute approximate surface area is 205 Å². The first-order chi connectivity index (χ1) is 16.6. The number of ether oxygens (including phenoxy) is 1. The van der Waals surface area contributed by atoms with E-state index >= 15 is 0 Å². The molecule has 1 atom stereocenters. The molecule has 180 valence electrons. The zero-order valence-electron chi connectivity index (χ0n) is 20.7. The molecule has 4 rings (SSSR count). The van der Waals surface area contributed by atoms with Gasteiger partial charge in [0.25, 0.3) is 11.7 Å². The van der Waals surface area contributed by atoms with E-state index < -0.39 is 17.7 Å². The summed E-state index contributed by atoms with van der Waals surface area (Å²) >= 11 is 0. The maximum absolute atomic E-state index is 13.4. The summed E-state index contributed by atoms with van der Waals surface area (Å²) in [4.78, 5) is 32.6. The summed E-state index contributed by atoms with van der Waals surface area (Å²) in [5, 5.41) is 11.5. The molecule has 1 aliphatic heterocycles. The van der Waals surface area contributed by atoms with Crippen molar-refractivity contribution in [1.29, 1.82) is 0 Å². The highest BCUT2D eigenvalue weighted by Crippen LogP contribution is 2.42. The van der Waals surface area contributed by atoms with Gasteiger partial charge < -0.3 is 9.84 Å². The van der Waals surface area contributed by atoms with Gasteiger partial charge in [-0.3, -0.25) is 19.5 Å². The van der Waals surface area contributed by atoms with Gasteiger partial charge in [0.15, 0.2) is 0 Å². The summed E-state index contributed by atoms with van der Waals surface area (Å²) in [6.45, 7) is 10.5. The fraction of sp³-hybridized carbons (Fsp3) is 0.276. The highest BCUT2D eigenvalue weighted by Gasteiger charge is 2.47. The van der Waals surface area contributed by atoms with Crippen LogP contribution < -0.4 is 9.64 Å². The molecule has 1 aromatic heterocycles. The largest absolute Gasteiger partial charge is 0.507 e. The fourth-order valence-electron chi connectivity index (χ4n) is 4.27. The standard InChI is InChI=1S/C29H30N2O4/c1-6-35-21-14-12-20(13-15-21)31-25(23-9-7-8-16-30-23)24(27(33)28(31)34)26(32)22-17-19(29(3,4)5)11-10-18(22)2/h7-17,25,32H,6H2,1-5H3/b26-24+. The van der Waals surface area contributed by atoms with Crippen LogP contribution in [0.1, 0.15) is 56.1 Å². The first-order valence-electron chi connectivity index (χ1n) is 11.7. The number of hydrogen-bond acceptors (Lipinski definition) is 5. The molecule has 6 nitrogen and oxygen atoms in total. The Morgan fingerprint density at radius 2 is 1.77 bits per heavy atom. The molecule has 1 unspecified atom stereocenters. The molecule has 1 N–H and O–H groups in total. The number of benzene rings is 2. The Hall–Kier alpha value is -3.93. The number of Topliss-reactive ketones (excluding diaryl/α,β-unsaturated/α-hetero) is 1. The Bertz CT molecular complexity index is 1290. The molecule has 1 amide bonds. The lowest BCUT2D eigenvalue weighted by Gasteiger charge is -2.25. The number of aliphatic hydroxyl groups is 1. The van der Waals surface area contributed by atoms with E-state index in [2.05, 4.69) is 25.8 Å². The minimum Gasteiger partial charge on any atom is -0.507 e. The van der Waals surface area contributed by atoms with Crippen LogP contribution in [0.15, 0.2) is 72.4 Å². The van der Waals surface area contributed by atoms with Crippen molar-refractivity contribution in [3.8, 4) is 5.75 Å². The number of carbonyl (C=O) groups excluding carboxylic acids is 2. The predicted octanol–water partition coefficient (Wildman–Crippen LogP) is 5.71. The highest BCUT2D eigenvalue weighted by atomic mass is 16.5. The van der Waals surface area contributed by atoms with E-state index in [4.69, 9.17) is 4.74 Å². The quantitative estimate of drug-likeness (QED) is 0.293. The van der Waals surface area contributed by atoms with Crippen molar-refractivity contribution in [2.45, 2.75) is 46.1 Å². The van der Waals surface area contributed by atoms with E-state index in [1.807, 2.05) is 32.0 Å². The maximum atomic E-state index is 13.4. The van der Waals surface area contributed by atoms with Gasteiger partial charge in [-0.05, 0) is 72.9 Å². The summed E-state index contributed by atoms with van der Waals surface area (Å²) in [5.41, 5.74) is 3.23. The molecule has 0 saturated carbocycles. The lowest BCUT2D eigenvalue weighted by Crippen LogP contribution is -2.29. The third-order valence-corrected chi connectivity index (χ3v) is 6.20. The molecule has 0 spiro atoms. The summed E-state index contributed by atoms with van der Waals surface area (Å²) in [6.07, 6.45) is 1.61. The van der Waals surface area contributed by atoms with Crippen LogP contribution in [0.25, 0.3) is 5.76 Å². The van der Waals surface area contributed by atoms with Gasteiger partial charge in [0.2, 0.25) is 0 Å². The minimum absolute atomic E-state index is 0.0248. The second-order valence-corrected chi connectivity index (χ2v) is 9.63. The van der Waals surface area contributed by atoms with Crippen LogP contribution in [0.2, 0.25) is 0 Å². The van der Waals surface area contributed by atoms with Crippen LogP contribution >= 0.6 is 0 Å². The van der Waals surface area contributed by atoms with E-state index in [1.165, 1.54) is 4.90 Å². The molecular weight excluding hydrogens is 440 g/mol. The molecule has 0 bridgehead atoms. The van der Waals surface area contributed by atoms with Crippen molar-refractivity contribution in [2.75, 3.05) is 11.5 Å². The Morgan fingerprint density at radius 3 is 2.37 bits per heavy atom. The summed E-state index contributed by atoms with van der Waals surface area (Å²) in [7, 11) is 0. The summed E-state index contributed by atoms with van der Waals surface area (Å²) < 4.78 is 5.52. The Balaban J connectivity index is 1.92. The van der Waals surface area contributed by atoms with Gasteiger partial charge in [-0.2, -0.15) is 0 Å². The lowest BCUT2D eigenvalue weighted by atomic mass is 9.84. The number of ketones is 1. The van der Waals surface area contributed by atoms with Crippen molar-refractivity contribution in [1.82, 2.24) is 4.98 Å². The molecule has 1 aliphatic rings. The van der Waals surface area contributed by atoms with Crippen molar-refractivity contribution < 1.29 is 19.4 Å². The SMILES string of the molecule is CCOc1ccc(N2C(=O)C(=O)/C(=C(/O)c3cc(C(C)(C)C)ccc3C)C2c2ccccn2)cc1. The van der Waals surface area contributed by atoms with Gasteiger partial charge >= 0.3 is 0 Å². The minimum atomic E-state index is -0.869. The first-order valence-corrected chi connectivity index (χ1v) is 11.7. The maximum Gasteiger partial charge on any atom is 0.300 e. The average Bonchev–Trinajstić information content (AvgIpc) is 3.10. The second-order valence-electron chi connectivity index (χ2n) is 9.63. The Morgan fingerprint density at radius 1 is 1.06 bits per heavy atom. The monoisotopic (exact) mass is 470 g/mol. The van der Waals surface area contributed by atoms with Gasteiger partial charge in [-0.25, -0.2) is 0 Å². The number of aromatic nitrogens is 1. The number of carbonyl (C=O) groups is 2. The molecule has 2 aromatic carbocycles. The topological polar surface area (TPSA) is 79.7 Å². The number of hydrogen-bond donors (Lipinski definition) is 1. The van der Waals surface area contributed by atoms with E-state index in [-0.39, 0.29) is 16.7 Å². The van der Waals surface area contributed by atoms with Crippen molar-refractivity contribution >= 4 is 23.1 Å². The third kappa shape index (κ3) is 4.56. The third-order valence-electron chi connectivity index (χ3n) is 6.20. The van der Waals surface area contributed by atoms with Gasteiger partial charge in [0.05, 0.1) is 17.9 Å². The number of rotatable bonds is 5. The lowest BCUT2D eigenvalue weighted by molar-refractivity contribution is -0.132. The van der Waals surface area contributed by atoms with Crippen molar-refractivity contribution in [2.24, 2.45) is 0 Å². The van der Waals surface area contributed by atoms with Gasteiger partial charge in [0.1, 0.15) is 17.6 Å².